The van der Waals surface area contributed by atoms with E-state index >= 15 is 0 Å². The number of aromatic nitrogens is 4. The van der Waals surface area contributed by atoms with Gasteiger partial charge < -0.3 is 10.2 Å². The Labute approximate surface area is 162 Å². The third-order valence-corrected chi connectivity index (χ3v) is 6.68. The molecule has 0 saturated carbocycles. The fourth-order valence-electron chi connectivity index (χ4n) is 3.91. The molecule has 0 saturated heterocycles. The number of thiophene rings is 1. The SMILES string of the molecule is CC[NH+](CC)CCCNC(=O)c1nc2c3c4c(sc3nc(C)n2n1)CCC4. The summed E-state index contributed by atoms with van der Waals surface area (Å²) in [6.45, 7) is 10.2. The van der Waals surface area contributed by atoms with Gasteiger partial charge in [0.15, 0.2) is 5.65 Å². The molecule has 7 nitrogen and oxygen atoms in total. The van der Waals surface area contributed by atoms with Gasteiger partial charge in [0.05, 0.1) is 25.0 Å². The highest BCUT2D eigenvalue weighted by atomic mass is 32.1. The van der Waals surface area contributed by atoms with Crippen molar-refractivity contribution < 1.29 is 9.69 Å². The maximum Gasteiger partial charge on any atom is 0.290 e. The van der Waals surface area contributed by atoms with Crippen molar-refractivity contribution in [1.29, 1.82) is 0 Å². The second kappa shape index (κ2) is 7.52. The number of aryl methyl sites for hydroxylation is 3. The van der Waals surface area contributed by atoms with E-state index in [1.165, 1.54) is 16.9 Å². The third kappa shape index (κ3) is 3.32. The number of nitrogens with zero attached hydrogens (tertiary/aromatic N) is 4. The van der Waals surface area contributed by atoms with Crippen LogP contribution in [-0.4, -0.2) is 51.7 Å². The van der Waals surface area contributed by atoms with Gasteiger partial charge in [0.2, 0.25) is 5.82 Å². The lowest BCUT2D eigenvalue weighted by Crippen LogP contribution is -3.11. The van der Waals surface area contributed by atoms with Gasteiger partial charge in [-0.25, -0.2) is 9.97 Å². The molecule has 0 aromatic carbocycles. The molecule has 144 valence electrons. The van der Waals surface area contributed by atoms with Gasteiger partial charge in [-0.15, -0.1) is 16.4 Å². The molecule has 0 atom stereocenters. The Bertz CT molecular complexity index is 987. The average Bonchev–Trinajstić information content (AvgIpc) is 3.35. The lowest BCUT2D eigenvalue weighted by molar-refractivity contribution is -0.896. The van der Waals surface area contributed by atoms with Crippen molar-refractivity contribution in [2.75, 3.05) is 26.2 Å². The Morgan fingerprint density at radius 1 is 1.26 bits per heavy atom. The highest BCUT2D eigenvalue weighted by Crippen LogP contribution is 2.38. The summed E-state index contributed by atoms with van der Waals surface area (Å²) in [6, 6.07) is 0. The molecule has 8 heteroatoms. The van der Waals surface area contributed by atoms with Gasteiger partial charge in [0.25, 0.3) is 5.91 Å². The molecule has 2 N–H and O–H groups in total. The number of hydrogen-bond acceptors (Lipinski definition) is 5. The number of rotatable bonds is 7. The van der Waals surface area contributed by atoms with E-state index in [0.29, 0.717) is 6.54 Å². The Kier molecular flexibility index (Phi) is 5.10. The summed E-state index contributed by atoms with van der Waals surface area (Å²) in [5.41, 5.74) is 2.13. The Balaban J connectivity index is 1.55. The summed E-state index contributed by atoms with van der Waals surface area (Å²) >= 11 is 1.76. The van der Waals surface area contributed by atoms with Crippen molar-refractivity contribution in [2.45, 2.75) is 46.5 Å². The fraction of sp³-hybridized carbons (Fsp3) is 0.579. The molecule has 3 aromatic rings. The smallest absolute Gasteiger partial charge is 0.290 e. The van der Waals surface area contributed by atoms with Crippen LogP contribution in [0.15, 0.2) is 0 Å². The highest BCUT2D eigenvalue weighted by Gasteiger charge is 2.24. The van der Waals surface area contributed by atoms with Crippen molar-refractivity contribution in [3.05, 3.63) is 22.1 Å². The van der Waals surface area contributed by atoms with Crippen molar-refractivity contribution in [2.24, 2.45) is 0 Å². The van der Waals surface area contributed by atoms with Crippen molar-refractivity contribution >= 4 is 33.1 Å². The van der Waals surface area contributed by atoms with E-state index in [1.807, 2.05) is 6.92 Å². The van der Waals surface area contributed by atoms with E-state index < -0.39 is 0 Å². The largest absolute Gasteiger partial charge is 0.349 e. The molecule has 0 aliphatic heterocycles. The predicted octanol–water partition coefficient (Wildman–Crippen LogP) is 1.18. The molecule has 3 heterocycles. The van der Waals surface area contributed by atoms with Crippen LogP contribution in [-0.2, 0) is 12.8 Å². The molecule has 0 radical (unpaired) electrons. The van der Waals surface area contributed by atoms with Gasteiger partial charge in [-0.2, -0.15) is 4.52 Å². The predicted molar refractivity (Wildman–Crippen MR) is 107 cm³/mol. The van der Waals surface area contributed by atoms with Crippen LogP contribution in [0.4, 0.5) is 0 Å². The minimum Gasteiger partial charge on any atom is -0.349 e. The average molecular weight is 388 g/mol. The quantitative estimate of drug-likeness (QED) is 0.597. The van der Waals surface area contributed by atoms with Gasteiger partial charge in [0, 0.05) is 17.8 Å². The van der Waals surface area contributed by atoms with Crippen LogP contribution in [0.1, 0.15) is 53.6 Å². The number of nitrogens with one attached hydrogen (secondary N) is 2. The molecule has 0 spiro atoms. The number of fused-ring (bicyclic) bond motifs is 5. The minimum atomic E-state index is -0.201. The van der Waals surface area contributed by atoms with Gasteiger partial charge in [-0.1, -0.05) is 0 Å². The Morgan fingerprint density at radius 3 is 2.85 bits per heavy atom. The third-order valence-electron chi connectivity index (χ3n) is 5.50. The van der Waals surface area contributed by atoms with E-state index in [9.17, 15) is 4.79 Å². The van der Waals surface area contributed by atoms with Crippen LogP contribution >= 0.6 is 11.3 Å². The fourth-order valence-corrected chi connectivity index (χ4v) is 5.21. The number of carbonyl (C=O) groups excluding carboxylic acids is 1. The van der Waals surface area contributed by atoms with E-state index in [1.54, 1.807) is 20.8 Å². The zero-order valence-electron chi connectivity index (χ0n) is 16.3. The molecular formula is C19H27N6OS+. The first-order valence-corrected chi connectivity index (χ1v) is 10.7. The molecule has 0 bridgehead atoms. The first-order chi connectivity index (χ1) is 13.1. The molecule has 27 heavy (non-hydrogen) atoms. The summed E-state index contributed by atoms with van der Waals surface area (Å²) in [5, 5.41) is 8.51. The van der Waals surface area contributed by atoms with Crippen LogP contribution in [0, 0.1) is 6.92 Å². The monoisotopic (exact) mass is 387 g/mol. The molecule has 0 unspecified atom stereocenters. The maximum atomic E-state index is 12.5. The molecule has 1 aliphatic rings. The standard InChI is InChI=1S/C19H26N6OS/c1-4-24(5-2)11-7-10-20-18(26)16-22-17-15-13-8-6-9-14(13)27-19(15)21-12(3)25(17)23-16/h4-11H2,1-3H3,(H,20,26)/p+1. The van der Waals surface area contributed by atoms with Crippen molar-refractivity contribution in [3.8, 4) is 0 Å². The van der Waals surface area contributed by atoms with Gasteiger partial charge >= 0.3 is 0 Å². The van der Waals surface area contributed by atoms with E-state index in [2.05, 4.69) is 29.2 Å². The van der Waals surface area contributed by atoms with Crippen LogP contribution < -0.4 is 10.2 Å². The lowest BCUT2D eigenvalue weighted by Gasteiger charge is -2.14. The zero-order valence-corrected chi connectivity index (χ0v) is 17.1. The molecule has 0 fully saturated rings. The molecule has 1 amide bonds. The number of amides is 1. The highest BCUT2D eigenvalue weighted by molar-refractivity contribution is 7.19. The Hall–Kier alpha value is -2.06. The van der Waals surface area contributed by atoms with Crippen molar-refractivity contribution in [3.63, 3.8) is 0 Å². The van der Waals surface area contributed by atoms with E-state index in [0.717, 1.165) is 60.6 Å². The number of hydrogen-bond donors (Lipinski definition) is 2. The van der Waals surface area contributed by atoms with Crippen LogP contribution in [0.5, 0.6) is 0 Å². The summed E-state index contributed by atoms with van der Waals surface area (Å²) in [7, 11) is 0. The van der Waals surface area contributed by atoms with Crippen LogP contribution in [0.25, 0.3) is 15.9 Å². The normalized spacial score (nSPS) is 13.8. The summed E-state index contributed by atoms with van der Waals surface area (Å²) in [6.07, 6.45) is 4.33. The lowest BCUT2D eigenvalue weighted by atomic mass is 10.2. The number of quaternary nitrogens is 1. The van der Waals surface area contributed by atoms with Crippen LogP contribution in [0.3, 0.4) is 0 Å². The molecule has 3 aromatic heterocycles. The van der Waals surface area contributed by atoms with Gasteiger partial charge in [-0.3, -0.25) is 4.79 Å². The maximum absolute atomic E-state index is 12.5. The zero-order chi connectivity index (χ0) is 19.0. The first-order valence-electron chi connectivity index (χ1n) is 9.91. The summed E-state index contributed by atoms with van der Waals surface area (Å²) in [5.74, 6) is 0.808. The van der Waals surface area contributed by atoms with Crippen LogP contribution in [0.2, 0.25) is 0 Å². The van der Waals surface area contributed by atoms with E-state index in [-0.39, 0.29) is 11.7 Å². The molecular weight excluding hydrogens is 360 g/mol. The number of carbonyl (C=O) groups is 1. The van der Waals surface area contributed by atoms with Gasteiger partial charge in [-0.05, 0) is 45.6 Å². The second-order valence-corrected chi connectivity index (χ2v) is 8.27. The summed E-state index contributed by atoms with van der Waals surface area (Å²) in [4.78, 5) is 25.8. The molecule has 1 aliphatic carbocycles. The molecule has 4 rings (SSSR count). The summed E-state index contributed by atoms with van der Waals surface area (Å²) < 4.78 is 1.72. The first kappa shape index (κ1) is 18.3. The second-order valence-electron chi connectivity index (χ2n) is 7.18. The van der Waals surface area contributed by atoms with Gasteiger partial charge in [0.1, 0.15) is 10.7 Å². The topological polar surface area (TPSA) is 76.6 Å². The Morgan fingerprint density at radius 2 is 2.07 bits per heavy atom. The van der Waals surface area contributed by atoms with Crippen molar-refractivity contribution in [1.82, 2.24) is 24.9 Å². The van der Waals surface area contributed by atoms with E-state index in [4.69, 9.17) is 4.98 Å². The minimum absolute atomic E-state index is 0.201.